The van der Waals surface area contributed by atoms with Crippen molar-refractivity contribution in [2.75, 3.05) is 13.1 Å². The van der Waals surface area contributed by atoms with Gasteiger partial charge < -0.3 is 10.0 Å². The lowest BCUT2D eigenvalue weighted by Crippen LogP contribution is -2.40. The van der Waals surface area contributed by atoms with Gasteiger partial charge in [0.25, 0.3) is 5.91 Å². The van der Waals surface area contributed by atoms with E-state index in [-0.39, 0.29) is 11.8 Å². The molecule has 1 aromatic carbocycles. The van der Waals surface area contributed by atoms with E-state index in [4.69, 9.17) is 16.7 Å². The Labute approximate surface area is 129 Å². The van der Waals surface area contributed by atoms with Gasteiger partial charge in [-0.3, -0.25) is 9.59 Å². The first-order chi connectivity index (χ1) is 9.90. The molecule has 0 radical (unpaired) electrons. The lowest BCUT2D eigenvalue weighted by Gasteiger charge is -2.30. The number of carboxylic acids is 1. The molecular weight excluding hydrogens is 290 g/mol. The Bertz CT molecular complexity index is 548. The molecule has 0 atom stereocenters. The van der Waals surface area contributed by atoms with Gasteiger partial charge in [0.15, 0.2) is 0 Å². The second-order valence-electron chi connectivity index (χ2n) is 5.80. The van der Waals surface area contributed by atoms with Crippen LogP contribution in [0, 0.1) is 5.92 Å². The second-order valence-corrected chi connectivity index (χ2v) is 6.21. The van der Waals surface area contributed by atoms with Crippen LogP contribution in [0.5, 0.6) is 0 Å². The van der Waals surface area contributed by atoms with Gasteiger partial charge in [-0.15, -0.1) is 0 Å². The molecule has 1 heterocycles. The average molecular weight is 310 g/mol. The summed E-state index contributed by atoms with van der Waals surface area (Å²) in [6.07, 6.45) is 1.01. The van der Waals surface area contributed by atoms with Crippen LogP contribution in [-0.4, -0.2) is 35.0 Å². The van der Waals surface area contributed by atoms with Crippen molar-refractivity contribution >= 4 is 23.5 Å². The molecule has 5 heteroatoms. The Kier molecular flexibility index (Phi) is 4.88. The molecule has 4 nitrogen and oxygen atoms in total. The Balaban J connectivity index is 2.09. The monoisotopic (exact) mass is 309 g/mol. The number of aliphatic carboxylic acids is 1. The number of benzene rings is 1. The third-order valence-electron chi connectivity index (χ3n) is 4.02. The summed E-state index contributed by atoms with van der Waals surface area (Å²) < 4.78 is 0. The molecule has 1 aromatic rings. The van der Waals surface area contributed by atoms with Crippen LogP contribution >= 0.6 is 11.6 Å². The number of nitrogens with zero attached hydrogens (tertiary/aromatic N) is 1. The Morgan fingerprint density at radius 3 is 2.38 bits per heavy atom. The third kappa shape index (κ3) is 3.56. The smallest absolute Gasteiger partial charge is 0.306 e. The average Bonchev–Trinajstić information content (AvgIpc) is 2.46. The number of amides is 1. The van der Waals surface area contributed by atoms with Gasteiger partial charge >= 0.3 is 5.97 Å². The van der Waals surface area contributed by atoms with E-state index in [0.29, 0.717) is 42.4 Å². The first-order valence-electron chi connectivity index (χ1n) is 7.21. The molecule has 0 aliphatic carbocycles. The third-order valence-corrected chi connectivity index (χ3v) is 4.33. The molecule has 1 fully saturated rings. The van der Waals surface area contributed by atoms with Gasteiger partial charge in [-0.2, -0.15) is 0 Å². The molecule has 1 N–H and O–H groups in total. The first-order valence-corrected chi connectivity index (χ1v) is 7.59. The zero-order chi connectivity index (χ0) is 15.6. The lowest BCUT2D eigenvalue weighted by atomic mass is 9.96. The predicted octanol–water partition coefficient (Wildman–Crippen LogP) is 3.40. The predicted molar refractivity (Wildman–Crippen MR) is 81.8 cm³/mol. The number of halogens is 1. The molecule has 114 valence electrons. The summed E-state index contributed by atoms with van der Waals surface area (Å²) in [5.74, 6) is -0.869. The van der Waals surface area contributed by atoms with Crippen molar-refractivity contribution in [1.82, 2.24) is 4.90 Å². The van der Waals surface area contributed by atoms with E-state index in [0.717, 1.165) is 5.56 Å². The van der Waals surface area contributed by atoms with Gasteiger partial charge in [0.2, 0.25) is 0 Å². The fraction of sp³-hybridized carbons (Fsp3) is 0.500. The summed E-state index contributed by atoms with van der Waals surface area (Å²) in [4.78, 5) is 25.1. The van der Waals surface area contributed by atoms with Gasteiger partial charge in [0.1, 0.15) is 0 Å². The van der Waals surface area contributed by atoms with Crippen LogP contribution in [0.3, 0.4) is 0 Å². The Morgan fingerprint density at radius 1 is 1.29 bits per heavy atom. The van der Waals surface area contributed by atoms with E-state index in [2.05, 4.69) is 13.8 Å². The van der Waals surface area contributed by atoms with Crippen molar-refractivity contribution in [2.45, 2.75) is 32.6 Å². The van der Waals surface area contributed by atoms with Crippen LogP contribution in [0.1, 0.15) is 48.5 Å². The molecule has 1 aliphatic heterocycles. The molecular formula is C16H20ClNO3. The molecule has 0 spiro atoms. The quantitative estimate of drug-likeness (QED) is 0.931. The topological polar surface area (TPSA) is 57.6 Å². The van der Waals surface area contributed by atoms with Crippen LogP contribution < -0.4 is 0 Å². The van der Waals surface area contributed by atoms with Gasteiger partial charge in [0.05, 0.1) is 16.5 Å². The van der Waals surface area contributed by atoms with Gasteiger partial charge in [-0.25, -0.2) is 0 Å². The van der Waals surface area contributed by atoms with Crippen LogP contribution in [0.4, 0.5) is 0 Å². The highest BCUT2D eigenvalue weighted by molar-refractivity contribution is 6.33. The van der Waals surface area contributed by atoms with Crippen LogP contribution in [0.25, 0.3) is 0 Å². The molecule has 0 aromatic heterocycles. The van der Waals surface area contributed by atoms with E-state index in [1.165, 1.54) is 0 Å². The fourth-order valence-corrected chi connectivity index (χ4v) is 2.83. The van der Waals surface area contributed by atoms with Crippen molar-refractivity contribution in [2.24, 2.45) is 5.92 Å². The summed E-state index contributed by atoms with van der Waals surface area (Å²) in [5, 5.41) is 9.45. The SMILES string of the molecule is CC(C)c1ccc(C(=O)N2CCC(C(=O)O)CC2)c(Cl)c1. The van der Waals surface area contributed by atoms with Gasteiger partial charge in [-0.05, 0) is 36.5 Å². The standard InChI is InChI=1S/C16H20ClNO3/c1-10(2)12-3-4-13(14(17)9-12)15(19)18-7-5-11(6-8-18)16(20)21/h3-4,9-11H,5-8H2,1-2H3,(H,20,21). The Morgan fingerprint density at radius 2 is 1.90 bits per heavy atom. The lowest BCUT2D eigenvalue weighted by molar-refractivity contribution is -0.143. The van der Waals surface area contributed by atoms with Crippen LogP contribution in [0.15, 0.2) is 18.2 Å². The molecule has 21 heavy (non-hydrogen) atoms. The number of hydrogen-bond donors (Lipinski definition) is 1. The molecule has 2 rings (SSSR count). The number of hydrogen-bond acceptors (Lipinski definition) is 2. The number of carbonyl (C=O) groups is 2. The maximum Gasteiger partial charge on any atom is 0.306 e. The van der Waals surface area contributed by atoms with E-state index >= 15 is 0 Å². The normalized spacial score (nSPS) is 16.3. The number of carboxylic acid groups (broad SMARTS) is 1. The van der Waals surface area contributed by atoms with Gasteiger partial charge in [0, 0.05) is 13.1 Å². The Hall–Kier alpha value is -1.55. The van der Waals surface area contributed by atoms with Gasteiger partial charge in [-0.1, -0.05) is 31.5 Å². The molecule has 0 unspecified atom stereocenters. The summed E-state index contributed by atoms with van der Waals surface area (Å²) in [7, 11) is 0. The largest absolute Gasteiger partial charge is 0.481 e. The zero-order valence-electron chi connectivity index (χ0n) is 12.3. The first kappa shape index (κ1) is 15.8. The van der Waals surface area contributed by atoms with Crippen molar-refractivity contribution in [1.29, 1.82) is 0 Å². The summed E-state index contributed by atoms with van der Waals surface area (Å²) in [5.41, 5.74) is 1.59. The van der Waals surface area contributed by atoms with E-state index in [1.807, 2.05) is 12.1 Å². The second kappa shape index (κ2) is 6.48. The number of carbonyl (C=O) groups excluding carboxylic acids is 1. The highest BCUT2D eigenvalue weighted by Crippen LogP contribution is 2.26. The summed E-state index contributed by atoms with van der Waals surface area (Å²) in [6, 6.07) is 5.53. The molecule has 1 amide bonds. The maximum absolute atomic E-state index is 12.5. The highest BCUT2D eigenvalue weighted by Gasteiger charge is 2.28. The summed E-state index contributed by atoms with van der Waals surface area (Å²) in [6.45, 7) is 5.09. The highest BCUT2D eigenvalue weighted by atomic mass is 35.5. The van der Waals surface area contributed by atoms with Crippen molar-refractivity contribution in [3.05, 3.63) is 34.3 Å². The molecule has 1 aliphatic rings. The molecule has 1 saturated heterocycles. The zero-order valence-corrected chi connectivity index (χ0v) is 13.1. The molecule has 0 bridgehead atoms. The maximum atomic E-state index is 12.5. The summed E-state index contributed by atoms with van der Waals surface area (Å²) >= 11 is 6.23. The van der Waals surface area contributed by atoms with Crippen molar-refractivity contribution < 1.29 is 14.7 Å². The van der Waals surface area contributed by atoms with E-state index in [9.17, 15) is 9.59 Å². The van der Waals surface area contributed by atoms with Crippen LogP contribution in [-0.2, 0) is 4.79 Å². The number of rotatable bonds is 3. The van der Waals surface area contributed by atoms with E-state index < -0.39 is 5.97 Å². The van der Waals surface area contributed by atoms with E-state index in [1.54, 1.807) is 11.0 Å². The molecule has 0 saturated carbocycles. The van der Waals surface area contributed by atoms with Crippen molar-refractivity contribution in [3.8, 4) is 0 Å². The van der Waals surface area contributed by atoms with Crippen molar-refractivity contribution in [3.63, 3.8) is 0 Å². The number of likely N-dealkylation sites (tertiary alicyclic amines) is 1. The minimum absolute atomic E-state index is 0.112. The van der Waals surface area contributed by atoms with Crippen LogP contribution in [0.2, 0.25) is 5.02 Å². The number of piperidine rings is 1. The fourth-order valence-electron chi connectivity index (χ4n) is 2.56. The minimum Gasteiger partial charge on any atom is -0.481 e. The minimum atomic E-state index is -0.776.